The molecule has 0 bridgehead atoms. The van der Waals surface area contributed by atoms with Crippen molar-refractivity contribution in [2.45, 2.75) is 114 Å². The third-order valence-corrected chi connectivity index (χ3v) is 10.3. The van der Waals surface area contributed by atoms with Crippen LogP contribution in [0.1, 0.15) is 99.4 Å². The molecule has 218 valence electrons. The van der Waals surface area contributed by atoms with Gasteiger partial charge in [0, 0.05) is 47.9 Å². The van der Waals surface area contributed by atoms with Gasteiger partial charge in [-0.2, -0.15) is 13.2 Å². The van der Waals surface area contributed by atoms with Crippen LogP contribution in [0.25, 0.3) is 0 Å². The molecule has 3 amide bonds. The van der Waals surface area contributed by atoms with E-state index in [1.165, 1.54) is 12.8 Å². The summed E-state index contributed by atoms with van der Waals surface area (Å²) >= 11 is 0. The maximum Gasteiger partial charge on any atom is 0.395 e. The van der Waals surface area contributed by atoms with Crippen LogP contribution in [0.3, 0.4) is 0 Å². The molecule has 3 saturated carbocycles. The standard InChI is InChI=1S/C30H39F3N4O3/c31-30(32,33)28(12-2-13-28)18-34-20-10-15-29(16-11-20,14-9-19-5-6-19)36-23-4-1-3-21-22(23)17-37(27(21)40)24-7-8-25(38)35-26(24)39/h1,3-4,19-20,24,34,36H,2,5-18H2,(H,35,38,39). The number of hydrogen-bond donors (Lipinski definition) is 3. The van der Waals surface area contributed by atoms with Gasteiger partial charge in [0.2, 0.25) is 11.8 Å². The van der Waals surface area contributed by atoms with Crippen molar-refractivity contribution >= 4 is 23.4 Å². The molecule has 0 radical (unpaired) electrons. The van der Waals surface area contributed by atoms with Gasteiger partial charge in [0.1, 0.15) is 6.04 Å². The van der Waals surface area contributed by atoms with E-state index in [9.17, 15) is 27.6 Å². The maximum atomic E-state index is 13.7. The fraction of sp³-hybridized carbons (Fsp3) is 0.700. The predicted molar refractivity (Wildman–Crippen MR) is 143 cm³/mol. The highest BCUT2D eigenvalue weighted by atomic mass is 19.4. The largest absolute Gasteiger partial charge is 0.395 e. The van der Waals surface area contributed by atoms with Crippen LogP contribution in [0.4, 0.5) is 18.9 Å². The van der Waals surface area contributed by atoms with Gasteiger partial charge in [-0.05, 0) is 75.8 Å². The summed E-state index contributed by atoms with van der Waals surface area (Å²) in [6.07, 6.45) is 5.41. The topological polar surface area (TPSA) is 90.5 Å². The number of imide groups is 1. The third kappa shape index (κ3) is 5.23. The number of fused-ring (bicyclic) bond motifs is 1. The molecule has 1 atom stereocenters. The second-order valence-corrected chi connectivity index (χ2v) is 12.9. The Balaban J connectivity index is 1.15. The molecule has 40 heavy (non-hydrogen) atoms. The van der Waals surface area contributed by atoms with Crippen molar-refractivity contribution in [3.8, 4) is 0 Å². The molecule has 1 aromatic rings. The zero-order chi connectivity index (χ0) is 28.1. The molecular formula is C30H39F3N4O3. The van der Waals surface area contributed by atoms with E-state index in [2.05, 4.69) is 16.0 Å². The second kappa shape index (κ2) is 10.3. The summed E-state index contributed by atoms with van der Waals surface area (Å²) in [4.78, 5) is 39.0. The highest BCUT2D eigenvalue weighted by Gasteiger charge is 2.58. The highest BCUT2D eigenvalue weighted by molar-refractivity contribution is 6.06. The van der Waals surface area contributed by atoms with Crippen LogP contribution >= 0.6 is 0 Å². The van der Waals surface area contributed by atoms with Crippen LogP contribution in [0.5, 0.6) is 0 Å². The minimum Gasteiger partial charge on any atom is -0.379 e. The molecule has 2 aliphatic heterocycles. The number of carbonyl (C=O) groups is 3. The normalized spacial score (nSPS) is 30.1. The first-order valence-electron chi connectivity index (χ1n) is 14.9. The van der Waals surface area contributed by atoms with Gasteiger partial charge >= 0.3 is 6.18 Å². The zero-order valence-electron chi connectivity index (χ0n) is 22.9. The van der Waals surface area contributed by atoms with E-state index >= 15 is 0 Å². The molecule has 1 aromatic carbocycles. The number of benzene rings is 1. The molecule has 1 saturated heterocycles. The van der Waals surface area contributed by atoms with E-state index in [0.717, 1.165) is 55.7 Å². The number of hydrogen-bond acceptors (Lipinski definition) is 5. The second-order valence-electron chi connectivity index (χ2n) is 12.9. The smallest absolute Gasteiger partial charge is 0.379 e. The molecule has 10 heteroatoms. The lowest BCUT2D eigenvalue weighted by Gasteiger charge is -2.46. The Morgan fingerprint density at radius 3 is 2.38 bits per heavy atom. The van der Waals surface area contributed by atoms with Crippen LogP contribution in [0.2, 0.25) is 0 Å². The molecular weight excluding hydrogens is 521 g/mol. The van der Waals surface area contributed by atoms with E-state index in [0.29, 0.717) is 24.9 Å². The Kier molecular flexibility index (Phi) is 7.12. The van der Waals surface area contributed by atoms with Crippen LogP contribution in [0, 0.1) is 11.3 Å². The van der Waals surface area contributed by atoms with E-state index < -0.39 is 23.5 Å². The van der Waals surface area contributed by atoms with E-state index in [1.54, 1.807) is 11.0 Å². The van der Waals surface area contributed by atoms with E-state index in [1.807, 2.05) is 12.1 Å². The molecule has 4 fully saturated rings. The molecule has 3 aliphatic carbocycles. The van der Waals surface area contributed by atoms with E-state index in [-0.39, 0.29) is 49.2 Å². The van der Waals surface area contributed by atoms with Crippen LogP contribution in [-0.4, -0.2) is 53.0 Å². The van der Waals surface area contributed by atoms with Gasteiger partial charge in [0.05, 0.1) is 5.41 Å². The number of halogens is 3. The Bertz CT molecular complexity index is 1170. The third-order valence-electron chi connectivity index (χ3n) is 10.3. The van der Waals surface area contributed by atoms with Crippen LogP contribution in [0.15, 0.2) is 18.2 Å². The first kappa shape index (κ1) is 27.5. The van der Waals surface area contributed by atoms with Gasteiger partial charge in [-0.3, -0.25) is 19.7 Å². The molecule has 3 N–H and O–H groups in total. The average Bonchev–Trinajstić information content (AvgIpc) is 3.65. The lowest BCUT2D eigenvalue weighted by molar-refractivity contribution is -0.249. The highest BCUT2D eigenvalue weighted by Crippen LogP contribution is 2.53. The molecule has 0 aromatic heterocycles. The van der Waals surface area contributed by atoms with Gasteiger partial charge in [0.15, 0.2) is 0 Å². The number of rotatable bonds is 9. The monoisotopic (exact) mass is 560 g/mol. The number of amides is 3. The van der Waals surface area contributed by atoms with Crippen molar-refractivity contribution < 1.29 is 27.6 Å². The van der Waals surface area contributed by atoms with Crippen molar-refractivity contribution in [2.75, 3.05) is 11.9 Å². The molecule has 2 heterocycles. The Morgan fingerprint density at radius 1 is 1.00 bits per heavy atom. The SMILES string of the molecule is O=C1CCC(N2Cc3c(NC4(CCC5CC5)CCC(NCC5(C(F)(F)F)CCC5)CC4)cccc3C2=O)C(=O)N1. The van der Waals surface area contributed by atoms with Gasteiger partial charge < -0.3 is 15.5 Å². The van der Waals surface area contributed by atoms with Gasteiger partial charge in [0.25, 0.3) is 5.91 Å². The molecule has 1 unspecified atom stereocenters. The van der Waals surface area contributed by atoms with Crippen molar-refractivity contribution in [1.82, 2.24) is 15.5 Å². The summed E-state index contributed by atoms with van der Waals surface area (Å²) in [7, 11) is 0. The fourth-order valence-corrected chi connectivity index (χ4v) is 7.19. The summed E-state index contributed by atoms with van der Waals surface area (Å²) in [6, 6.07) is 5.06. The molecule has 6 rings (SSSR count). The zero-order valence-corrected chi connectivity index (χ0v) is 22.9. The molecule has 5 aliphatic rings. The maximum absolute atomic E-state index is 13.7. The minimum absolute atomic E-state index is 0.00809. The summed E-state index contributed by atoms with van der Waals surface area (Å²) in [6.45, 7) is 0.320. The Morgan fingerprint density at radius 2 is 1.75 bits per heavy atom. The minimum atomic E-state index is -4.16. The summed E-state index contributed by atoms with van der Waals surface area (Å²) in [5, 5.41) is 9.48. The Labute approximate surface area is 233 Å². The van der Waals surface area contributed by atoms with Crippen molar-refractivity contribution in [3.05, 3.63) is 29.3 Å². The lowest BCUT2D eigenvalue weighted by Crippen LogP contribution is -2.54. The number of nitrogens with zero attached hydrogens (tertiary/aromatic N) is 1. The average molecular weight is 561 g/mol. The van der Waals surface area contributed by atoms with Crippen molar-refractivity contribution in [2.24, 2.45) is 11.3 Å². The Hall–Kier alpha value is -2.62. The first-order chi connectivity index (χ1) is 19.1. The van der Waals surface area contributed by atoms with Gasteiger partial charge in [-0.15, -0.1) is 0 Å². The summed E-state index contributed by atoms with van der Waals surface area (Å²) in [5.74, 6) is -0.168. The lowest BCUT2D eigenvalue weighted by atomic mass is 9.67. The quantitative estimate of drug-likeness (QED) is 0.368. The molecule has 7 nitrogen and oxygen atoms in total. The number of alkyl halides is 3. The number of piperidine rings is 1. The van der Waals surface area contributed by atoms with Crippen molar-refractivity contribution in [1.29, 1.82) is 0 Å². The van der Waals surface area contributed by atoms with Crippen LogP contribution < -0.4 is 16.0 Å². The summed E-state index contributed by atoms with van der Waals surface area (Å²) < 4.78 is 41.0. The van der Waals surface area contributed by atoms with Gasteiger partial charge in [-0.25, -0.2) is 0 Å². The number of nitrogens with one attached hydrogen (secondary N) is 3. The van der Waals surface area contributed by atoms with E-state index in [4.69, 9.17) is 0 Å². The van der Waals surface area contributed by atoms with Crippen molar-refractivity contribution in [3.63, 3.8) is 0 Å². The van der Waals surface area contributed by atoms with Gasteiger partial charge in [-0.1, -0.05) is 25.3 Å². The summed E-state index contributed by atoms with van der Waals surface area (Å²) in [5.41, 5.74) is 0.616. The number of anilines is 1. The molecule has 0 spiro atoms. The van der Waals surface area contributed by atoms with Crippen LogP contribution in [-0.2, 0) is 16.1 Å². The number of carbonyl (C=O) groups excluding carboxylic acids is 3. The first-order valence-corrected chi connectivity index (χ1v) is 14.9. The fourth-order valence-electron chi connectivity index (χ4n) is 7.19. The predicted octanol–water partition coefficient (Wildman–Crippen LogP) is 5.05.